The second-order valence-electron chi connectivity index (χ2n) is 14.5. The van der Waals surface area contributed by atoms with Gasteiger partial charge in [0.05, 0.1) is 5.69 Å². The fourth-order valence-electron chi connectivity index (χ4n) is 9.08. The summed E-state index contributed by atoms with van der Waals surface area (Å²) in [5, 5.41) is 10.4. The van der Waals surface area contributed by atoms with Gasteiger partial charge in [0.15, 0.2) is 0 Å². The number of fused-ring (bicyclic) bond motifs is 4. The molecule has 1 heterocycles. The Labute approximate surface area is 305 Å². The van der Waals surface area contributed by atoms with Crippen LogP contribution in [0.2, 0.25) is 0 Å². The van der Waals surface area contributed by atoms with Gasteiger partial charge in [-0.1, -0.05) is 171 Å². The molecule has 1 aromatic heterocycles. The van der Waals surface area contributed by atoms with Gasteiger partial charge in [-0.2, -0.15) is 0 Å². The Bertz CT molecular complexity index is 2700. The third-order valence-electron chi connectivity index (χ3n) is 11.5. The van der Waals surface area contributed by atoms with Crippen LogP contribution in [0.4, 0.5) is 0 Å². The topological polar surface area (TPSA) is 12.9 Å². The van der Waals surface area contributed by atoms with Gasteiger partial charge in [0.2, 0.25) is 0 Å². The average Bonchev–Trinajstić information content (AvgIpc) is 3.23. The number of benzene rings is 8. The standard InChI is InChI=1S/C51H39N/c1-2-13-35(14-3-1)40-29-30-48(42-19-7-6-18-41(40)42)51-46-22-10-8-20-44(46)50(45-21-9-11-23-47(45)51)37-27-25-34(26-28-37)38-31-32-52-49(33-38)43-24-12-16-36-15-4-5-17-39(36)43/h4-12,15-33,35H,1-3,13-14H2. The molecule has 0 bridgehead atoms. The molecule has 0 N–H and O–H groups in total. The van der Waals surface area contributed by atoms with E-state index in [4.69, 9.17) is 4.98 Å². The van der Waals surface area contributed by atoms with Crippen molar-refractivity contribution < 1.29 is 0 Å². The maximum Gasteiger partial charge on any atom is 0.0714 e. The van der Waals surface area contributed by atoms with Crippen molar-refractivity contribution in [2.75, 3.05) is 0 Å². The van der Waals surface area contributed by atoms with Crippen molar-refractivity contribution in [2.24, 2.45) is 0 Å². The van der Waals surface area contributed by atoms with Crippen molar-refractivity contribution in [3.63, 3.8) is 0 Å². The molecule has 1 nitrogen and oxygen atoms in total. The van der Waals surface area contributed by atoms with E-state index >= 15 is 0 Å². The molecule has 9 aromatic rings. The first-order valence-electron chi connectivity index (χ1n) is 18.8. The molecule has 1 aliphatic rings. The number of pyridine rings is 1. The highest BCUT2D eigenvalue weighted by Crippen LogP contribution is 2.47. The predicted octanol–water partition coefficient (Wildman–Crippen LogP) is 14.4. The van der Waals surface area contributed by atoms with Gasteiger partial charge in [-0.15, -0.1) is 0 Å². The summed E-state index contributed by atoms with van der Waals surface area (Å²) in [5.41, 5.74) is 11.2. The lowest BCUT2D eigenvalue weighted by atomic mass is 9.79. The third kappa shape index (κ3) is 5.19. The van der Waals surface area contributed by atoms with Crippen molar-refractivity contribution >= 4 is 43.1 Å². The summed E-state index contributed by atoms with van der Waals surface area (Å²) in [6.07, 6.45) is 8.59. The fraction of sp³-hybridized carbons (Fsp3) is 0.118. The lowest BCUT2D eigenvalue weighted by Crippen LogP contribution is -2.05. The first kappa shape index (κ1) is 30.7. The molecule has 1 aliphatic carbocycles. The van der Waals surface area contributed by atoms with Gasteiger partial charge >= 0.3 is 0 Å². The maximum atomic E-state index is 4.80. The fourth-order valence-corrected chi connectivity index (χ4v) is 9.08. The molecule has 0 amide bonds. The van der Waals surface area contributed by atoms with E-state index in [1.54, 1.807) is 0 Å². The highest BCUT2D eigenvalue weighted by molar-refractivity contribution is 6.23. The Balaban J connectivity index is 1.11. The second-order valence-corrected chi connectivity index (χ2v) is 14.5. The van der Waals surface area contributed by atoms with Crippen LogP contribution in [0.25, 0.3) is 87.7 Å². The van der Waals surface area contributed by atoms with Crippen molar-refractivity contribution in [3.8, 4) is 44.6 Å². The van der Waals surface area contributed by atoms with E-state index in [1.165, 1.54) is 109 Å². The lowest BCUT2D eigenvalue weighted by Gasteiger charge is -2.25. The molecule has 0 atom stereocenters. The molecule has 0 unspecified atom stereocenters. The van der Waals surface area contributed by atoms with E-state index in [2.05, 4.69) is 164 Å². The smallest absolute Gasteiger partial charge is 0.0714 e. The zero-order valence-corrected chi connectivity index (χ0v) is 29.2. The third-order valence-corrected chi connectivity index (χ3v) is 11.5. The Morgan fingerprint density at radius 2 is 0.962 bits per heavy atom. The van der Waals surface area contributed by atoms with E-state index < -0.39 is 0 Å². The minimum absolute atomic E-state index is 0.656. The normalized spacial score (nSPS) is 13.7. The first-order chi connectivity index (χ1) is 25.8. The zero-order chi connectivity index (χ0) is 34.4. The molecule has 1 fully saturated rings. The van der Waals surface area contributed by atoms with Crippen molar-refractivity contribution in [3.05, 3.63) is 176 Å². The van der Waals surface area contributed by atoms with Crippen LogP contribution < -0.4 is 0 Å². The Kier molecular flexibility index (Phi) is 7.64. The van der Waals surface area contributed by atoms with Gasteiger partial charge in [0, 0.05) is 11.8 Å². The number of hydrogen-bond donors (Lipinski definition) is 0. The Morgan fingerprint density at radius 1 is 0.385 bits per heavy atom. The number of rotatable bonds is 5. The molecule has 8 aromatic carbocycles. The molecule has 248 valence electrons. The van der Waals surface area contributed by atoms with Crippen LogP contribution in [0.5, 0.6) is 0 Å². The van der Waals surface area contributed by atoms with Crippen molar-refractivity contribution in [1.82, 2.24) is 4.98 Å². The molecule has 0 radical (unpaired) electrons. The van der Waals surface area contributed by atoms with Gasteiger partial charge in [-0.3, -0.25) is 4.98 Å². The summed E-state index contributed by atoms with van der Waals surface area (Å²) in [5.74, 6) is 0.656. The molecule has 1 saturated carbocycles. The SMILES string of the molecule is c1ccc2c(-c3cc(-c4ccc(-c5c6ccccc6c(-c6ccc(C7CCCCC7)c7ccccc67)c6ccccc56)cc4)ccn3)cccc2c1. The summed E-state index contributed by atoms with van der Waals surface area (Å²) in [7, 11) is 0. The number of aromatic nitrogens is 1. The zero-order valence-electron chi connectivity index (χ0n) is 29.2. The number of hydrogen-bond acceptors (Lipinski definition) is 1. The van der Waals surface area contributed by atoms with Gasteiger partial charge in [0.25, 0.3) is 0 Å². The highest BCUT2D eigenvalue weighted by Gasteiger charge is 2.22. The van der Waals surface area contributed by atoms with Crippen molar-refractivity contribution in [1.29, 1.82) is 0 Å². The van der Waals surface area contributed by atoms with E-state index in [0.717, 1.165) is 16.8 Å². The van der Waals surface area contributed by atoms with E-state index in [0.29, 0.717) is 5.92 Å². The van der Waals surface area contributed by atoms with Crippen LogP contribution in [0.1, 0.15) is 43.6 Å². The minimum Gasteiger partial charge on any atom is -0.256 e. The summed E-state index contributed by atoms with van der Waals surface area (Å²) in [4.78, 5) is 4.80. The van der Waals surface area contributed by atoms with Crippen LogP contribution in [0.15, 0.2) is 170 Å². The Hall–Kier alpha value is -6.05. The van der Waals surface area contributed by atoms with Gasteiger partial charge < -0.3 is 0 Å². The largest absolute Gasteiger partial charge is 0.256 e. The van der Waals surface area contributed by atoms with Gasteiger partial charge in [-0.05, 0) is 113 Å². The maximum absolute atomic E-state index is 4.80. The van der Waals surface area contributed by atoms with Crippen LogP contribution in [0, 0.1) is 0 Å². The second kappa shape index (κ2) is 12.9. The Morgan fingerprint density at radius 3 is 1.67 bits per heavy atom. The molecule has 0 saturated heterocycles. The summed E-state index contributed by atoms with van der Waals surface area (Å²) in [6.45, 7) is 0. The van der Waals surface area contributed by atoms with Crippen LogP contribution in [0.3, 0.4) is 0 Å². The predicted molar refractivity (Wildman–Crippen MR) is 222 cm³/mol. The lowest BCUT2D eigenvalue weighted by molar-refractivity contribution is 0.445. The molecule has 0 aliphatic heterocycles. The molecular formula is C51H39N. The summed E-state index contributed by atoms with van der Waals surface area (Å²) in [6, 6.07) is 60.5. The van der Waals surface area contributed by atoms with E-state index in [-0.39, 0.29) is 0 Å². The van der Waals surface area contributed by atoms with Crippen LogP contribution >= 0.6 is 0 Å². The van der Waals surface area contributed by atoms with Crippen molar-refractivity contribution in [2.45, 2.75) is 38.0 Å². The van der Waals surface area contributed by atoms with E-state index in [1.807, 2.05) is 6.20 Å². The monoisotopic (exact) mass is 665 g/mol. The van der Waals surface area contributed by atoms with Gasteiger partial charge in [-0.25, -0.2) is 0 Å². The summed E-state index contributed by atoms with van der Waals surface area (Å²) < 4.78 is 0. The molecule has 1 heteroatoms. The minimum atomic E-state index is 0.656. The average molecular weight is 666 g/mol. The molecule has 52 heavy (non-hydrogen) atoms. The van der Waals surface area contributed by atoms with Crippen LogP contribution in [-0.2, 0) is 0 Å². The van der Waals surface area contributed by atoms with Gasteiger partial charge in [0.1, 0.15) is 0 Å². The van der Waals surface area contributed by atoms with Crippen LogP contribution in [-0.4, -0.2) is 4.98 Å². The quantitative estimate of drug-likeness (QED) is 0.167. The highest BCUT2D eigenvalue weighted by atomic mass is 14.7. The summed E-state index contributed by atoms with van der Waals surface area (Å²) >= 11 is 0. The first-order valence-corrected chi connectivity index (χ1v) is 18.8. The molecule has 0 spiro atoms. The molecular weight excluding hydrogens is 627 g/mol. The van der Waals surface area contributed by atoms with E-state index in [9.17, 15) is 0 Å². The number of nitrogens with zero attached hydrogens (tertiary/aromatic N) is 1. The molecule has 10 rings (SSSR count).